The highest BCUT2D eigenvalue weighted by atomic mass is 16.5. The second-order valence-electron chi connectivity index (χ2n) is 6.66. The predicted molar refractivity (Wildman–Crippen MR) is 95.1 cm³/mol. The van der Waals surface area contributed by atoms with Crippen LogP contribution in [-0.2, 0) is 16.1 Å². The number of rotatable bonds is 5. The monoisotopic (exact) mass is 332 g/mol. The molecule has 132 valence electrons. The number of piperazine rings is 1. The molecule has 0 unspecified atom stereocenters. The molecule has 2 heterocycles. The van der Waals surface area contributed by atoms with Crippen LogP contribution in [0.3, 0.4) is 0 Å². The molecule has 1 aromatic carbocycles. The number of amides is 1. The maximum atomic E-state index is 12.2. The Hall–Kier alpha value is -1.47. The van der Waals surface area contributed by atoms with Crippen LogP contribution in [0.25, 0.3) is 0 Å². The van der Waals surface area contributed by atoms with Crippen molar-refractivity contribution >= 4 is 11.6 Å². The van der Waals surface area contributed by atoms with Gasteiger partial charge in [0, 0.05) is 51.0 Å². The molecular formula is C18H28N4O2. The van der Waals surface area contributed by atoms with Gasteiger partial charge in [0.25, 0.3) is 0 Å². The topological polar surface area (TPSA) is 56.8 Å². The van der Waals surface area contributed by atoms with E-state index >= 15 is 0 Å². The molecule has 1 amide bonds. The lowest BCUT2D eigenvalue weighted by Crippen LogP contribution is -2.51. The van der Waals surface area contributed by atoms with Crippen molar-refractivity contribution in [3.05, 3.63) is 29.8 Å². The fourth-order valence-corrected chi connectivity index (χ4v) is 3.21. The summed E-state index contributed by atoms with van der Waals surface area (Å²) >= 11 is 0. The van der Waals surface area contributed by atoms with Crippen LogP contribution in [0.4, 0.5) is 5.69 Å². The van der Waals surface area contributed by atoms with Crippen molar-refractivity contribution in [3.63, 3.8) is 0 Å². The third-order valence-electron chi connectivity index (χ3n) is 4.73. The number of anilines is 1. The van der Waals surface area contributed by atoms with Crippen molar-refractivity contribution in [2.45, 2.75) is 19.5 Å². The van der Waals surface area contributed by atoms with Gasteiger partial charge in [-0.1, -0.05) is 12.1 Å². The third kappa shape index (κ3) is 5.01. The molecule has 0 saturated carbocycles. The highest BCUT2D eigenvalue weighted by Crippen LogP contribution is 2.13. The molecule has 24 heavy (non-hydrogen) atoms. The average Bonchev–Trinajstić information content (AvgIpc) is 2.60. The van der Waals surface area contributed by atoms with E-state index in [0.29, 0.717) is 12.6 Å². The van der Waals surface area contributed by atoms with Crippen molar-refractivity contribution in [1.29, 1.82) is 0 Å². The fourth-order valence-electron chi connectivity index (χ4n) is 3.21. The minimum Gasteiger partial charge on any atom is -0.379 e. The zero-order valence-corrected chi connectivity index (χ0v) is 14.5. The number of carbonyl (C=O) groups is 1. The molecule has 2 aliphatic heterocycles. The lowest BCUT2D eigenvalue weighted by Gasteiger charge is -2.33. The Balaban J connectivity index is 1.47. The van der Waals surface area contributed by atoms with Crippen molar-refractivity contribution < 1.29 is 9.53 Å². The first-order chi connectivity index (χ1) is 11.7. The van der Waals surface area contributed by atoms with Crippen LogP contribution < -0.4 is 10.6 Å². The summed E-state index contributed by atoms with van der Waals surface area (Å²) in [6, 6.07) is 8.58. The number of nitrogens with zero attached hydrogens (tertiary/aromatic N) is 2. The molecule has 2 N–H and O–H groups in total. The maximum absolute atomic E-state index is 12.2. The number of morpholine rings is 1. The quantitative estimate of drug-likeness (QED) is 0.833. The van der Waals surface area contributed by atoms with E-state index in [-0.39, 0.29) is 5.91 Å². The van der Waals surface area contributed by atoms with E-state index in [4.69, 9.17) is 4.74 Å². The van der Waals surface area contributed by atoms with Gasteiger partial charge in [0.05, 0.1) is 19.8 Å². The van der Waals surface area contributed by atoms with E-state index < -0.39 is 0 Å². The zero-order chi connectivity index (χ0) is 16.8. The minimum atomic E-state index is 0.0599. The Kier molecular flexibility index (Phi) is 6.20. The lowest BCUT2D eigenvalue weighted by atomic mass is 10.2. The summed E-state index contributed by atoms with van der Waals surface area (Å²) in [7, 11) is 0. The summed E-state index contributed by atoms with van der Waals surface area (Å²) in [5.41, 5.74) is 2.14. The molecule has 0 aromatic heterocycles. The number of hydrogen-bond donors (Lipinski definition) is 2. The first-order valence-corrected chi connectivity index (χ1v) is 8.84. The minimum absolute atomic E-state index is 0.0599. The standard InChI is InChI=1S/C18H28N4O2/c1-15-12-19-6-7-22(15)14-18(23)20-17-4-2-16(3-5-17)13-21-8-10-24-11-9-21/h2-5,15,19H,6-14H2,1H3,(H,20,23)/t15-/m1/s1. The van der Waals surface area contributed by atoms with E-state index in [0.717, 1.165) is 58.2 Å². The second kappa shape index (κ2) is 8.58. The van der Waals surface area contributed by atoms with Crippen molar-refractivity contribution in [2.24, 2.45) is 0 Å². The van der Waals surface area contributed by atoms with E-state index in [1.54, 1.807) is 0 Å². The molecule has 2 saturated heterocycles. The average molecular weight is 332 g/mol. The smallest absolute Gasteiger partial charge is 0.238 e. The van der Waals surface area contributed by atoms with Gasteiger partial charge < -0.3 is 15.4 Å². The van der Waals surface area contributed by atoms with Crippen LogP contribution in [0.2, 0.25) is 0 Å². The van der Waals surface area contributed by atoms with Crippen LogP contribution >= 0.6 is 0 Å². The summed E-state index contributed by atoms with van der Waals surface area (Å²) in [4.78, 5) is 16.8. The lowest BCUT2D eigenvalue weighted by molar-refractivity contribution is -0.118. The van der Waals surface area contributed by atoms with E-state index in [2.05, 4.69) is 39.5 Å². The van der Waals surface area contributed by atoms with E-state index in [1.165, 1.54) is 5.56 Å². The Labute approximate surface area is 144 Å². The van der Waals surface area contributed by atoms with Gasteiger partial charge >= 0.3 is 0 Å². The van der Waals surface area contributed by atoms with Gasteiger partial charge in [0.15, 0.2) is 0 Å². The van der Waals surface area contributed by atoms with Gasteiger partial charge in [-0.2, -0.15) is 0 Å². The summed E-state index contributed by atoms with van der Waals surface area (Å²) in [6.07, 6.45) is 0. The van der Waals surface area contributed by atoms with Gasteiger partial charge in [0.1, 0.15) is 0 Å². The summed E-state index contributed by atoms with van der Waals surface area (Å²) in [6.45, 7) is 9.98. The van der Waals surface area contributed by atoms with Crippen LogP contribution in [0.15, 0.2) is 24.3 Å². The highest BCUT2D eigenvalue weighted by molar-refractivity contribution is 5.92. The molecule has 0 aliphatic carbocycles. The Morgan fingerprint density at radius 1 is 1.25 bits per heavy atom. The summed E-state index contributed by atoms with van der Waals surface area (Å²) in [5, 5.41) is 6.35. The summed E-state index contributed by atoms with van der Waals surface area (Å²) < 4.78 is 5.37. The molecule has 3 rings (SSSR count). The molecule has 1 atom stereocenters. The van der Waals surface area contributed by atoms with E-state index in [1.807, 2.05) is 12.1 Å². The number of carbonyl (C=O) groups excluding carboxylic acids is 1. The van der Waals surface area contributed by atoms with Gasteiger partial charge in [-0.25, -0.2) is 0 Å². The second-order valence-corrected chi connectivity index (χ2v) is 6.66. The van der Waals surface area contributed by atoms with Crippen molar-refractivity contribution in [1.82, 2.24) is 15.1 Å². The molecule has 0 radical (unpaired) electrons. The molecule has 2 fully saturated rings. The van der Waals surface area contributed by atoms with Gasteiger partial charge in [-0.3, -0.25) is 14.6 Å². The van der Waals surface area contributed by atoms with Gasteiger partial charge in [-0.15, -0.1) is 0 Å². The molecule has 0 spiro atoms. The maximum Gasteiger partial charge on any atom is 0.238 e. The Morgan fingerprint density at radius 3 is 2.71 bits per heavy atom. The summed E-state index contributed by atoms with van der Waals surface area (Å²) in [5.74, 6) is 0.0599. The molecule has 0 bridgehead atoms. The molecular weight excluding hydrogens is 304 g/mol. The highest BCUT2D eigenvalue weighted by Gasteiger charge is 2.20. The largest absolute Gasteiger partial charge is 0.379 e. The van der Waals surface area contributed by atoms with E-state index in [9.17, 15) is 4.79 Å². The number of benzene rings is 1. The molecule has 6 heteroatoms. The van der Waals surface area contributed by atoms with Crippen molar-refractivity contribution in [3.8, 4) is 0 Å². The van der Waals surface area contributed by atoms with Gasteiger partial charge in [0.2, 0.25) is 5.91 Å². The normalized spacial score (nSPS) is 23.1. The van der Waals surface area contributed by atoms with Gasteiger partial charge in [-0.05, 0) is 24.6 Å². The molecule has 1 aromatic rings. The first kappa shape index (κ1) is 17.4. The Bertz CT molecular complexity index is 528. The molecule has 2 aliphatic rings. The fraction of sp³-hybridized carbons (Fsp3) is 0.611. The zero-order valence-electron chi connectivity index (χ0n) is 14.5. The number of nitrogens with one attached hydrogen (secondary N) is 2. The SMILES string of the molecule is C[C@@H]1CNCCN1CC(=O)Nc1ccc(CN2CCOCC2)cc1. The first-order valence-electron chi connectivity index (χ1n) is 8.84. The van der Waals surface area contributed by atoms with Crippen LogP contribution in [0.5, 0.6) is 0 Å². The number of hydrogen-bond acceptors (Lipinski definition) is 5. The molecule has 6 nitrogen and oxygen atoms in total. The van der Waals surface area contributed by atoms with Crippen LogP contribution in [0.1, 0.15) is 12.5 Å². The third-order valence-corrected chi connectivity index (χ3v) is 4.73. The predicted octanol–water partition coefficient (Wildman–Crippen LogP) is 0.751. The number of ether oxygens (including phenoxy) is 1. The Morgan fingerprint density at radius 2 is 2.00 bits per heavy atom. The van der Waals surface area contributed by atoms with Crippen molar-refractivity contribution in [2.75, 3.05) is 57.8 Å². The van der Waals surface area contributed by atoms with Crippen LogP contribution in [0, 0.1) is 0 Å². The van der Waals surface area contributed by atoms with Crippen LogP contribution in [-0.4, -0.2) is 74.2 Å².